The quantitative estimate of drug-likeness (QED) is 0.254. The minimum atomic E-state index is -1.77. The van der Waals surface area contributed by atoms with Gasteiger partial charge in [-0.25, -0.2) is 4.79 Å². The lowest BCUT2D eigenvalue weighted by atomic mass is 10.0. The van der Waals surface area contributed by atoms with Crippen molar-refractivity contribution in [2.45, 2.75) is 24.4 Å². The van der Waals surface area contributed by atoms with E-state index in [2.05, 4.69) is 0 Å². The third kappa shape index (κ3) is 4.21. The molecule has 0 saturated carbocycles. The van der Waals surface area contributed by atoms with Gasteiger partial charge in [-0.3, -0.25) is 0 Å². The second-order valence-electron chi connectivity index (χ2n) is 2.90. The minimum Gasteiger partial charge on any atom is -0.394 e. The summed E-state index contributed by atoms with van der Waals surface area (Å²) in [7, 11) is 0. The van der Waals surface area contributed by atoms with E-state index in [4.69, 9.17) is 15.9 Å². The highest BCUT2D eigenvalue weighted by molar-refractivity contribution is 5.76. The number of hydrogen-bond donors (Lipinski definition) is 6. The molecule has 0 aromatic rings. The summed E-state index contributed by atoms with van der Waals surface area (Å²) in [6, 6.07) is -2.50. The van der Waals surface area contributed by atoms with Crippen LogP contribution in [0.2, 0.25) is 0 Å². The highest BCUT2D eigenvalue weighted by Gasteiger charge is 2.31. The Balaban J connectivity index is 4.42. The summed E-state index contributed by atoms with van der Waals surface area (Å²) in [5.74, 6) is 0. The largest absolute Gasteiger partial charge is 0.394 e. The van der Waals surface area contributed by atoms with Gasteiger partial charge in [-0.05, 0) is 0 Å². The van der Waals surface area contributed by atoms with Crippen LogP contribution in [-0.2, 0) is 4.79 Å². The SMILES string of the molecule is NC(=O)N[C@@H](C=O)[C@H](O)[C@@H](O)[C@H](O)CO. The van der Waals surface area contributed by atoms with E-state index in [-0.39, 0.29) is 6.29 Å². The molecule has 8 heteroatoms. The van der Waals surface area contributed by atoms with Crippen molar-refractivity contribution in [3.63, 3.8) is 0 Å². The van der Waals surface area contributed by atoms with Crippen LogP contribution in [0.4, 0.5) is 4.79 Å². The lowest BCUT2D eigenvalue weighted by molar-refractivity contribution is -0.119. The monoisotopic (exact) mass is 222 g/mol. The van der Waals surface area contributed by atoms with Gasteiger partial charge in [0.15, 0.2) is 0 Å². The maximum Gasteiger partial charge on any atom is 0.312 e. The van der Waals surface area contributed by atoms with Crippen LogP contribution in [0.25, 0.3) is 0 Å². The van der Waals surface area contributed by atoms with E-state index in [0.29, 0.717) is 0 Å². The number of aliphatic hydroxyl groups is 4. The molecule has 0 aliphatic heterocycles. The van der Waals surface area contributed by atoms with Crippen LogP contribution < -0.4 is 11.1 Å². The smallest absolute Gasteiger partial charge is 0.312 e. The number of primary amides is 1. The Morgan fingerprint density at radius 1 is 1.33 bits per heavy atom. The molecule has 0 aromatic carbocycles. The standard InChI is InChI=1S/C7H14N2O6/c8-7(15)9-3(1-10)5(13)6(14)4(12)2-11/h1,3-6,11-14H,2H2,(H3,8,9,15)/t3-,4+,5-,6-/m0/s1. The van der Waals surface area contributed by atoms with Gasteiger partial charge in [0.2, 0.25) is 0 Å². The Labute approximate surface area is 85.3 Å². The molecule has 0 saturated heterocycles. The predicted molar refractivity (Wildman–Crippen MR) is 47.7 cm³/mol. The molecule has 2 amide bonds. The zero-order valence-electron chi connectivity index (χ0n) is 7.78. The number of hydrogen-bond acceptors (Lipinski definition) is 6. The zero-order valence-corrected chi connectivity index (χ0v) is 7.78. The number of rotatable bonds is 6. The summed E-state index contributed by atoms with van der Waals surface area (Å²) in [4.78, 5) is 20.8. The third-order valence-corrected chi connectivity index (χ3v) is 1.75. The van der Waals surface area contributed by atoms with E-state index in [1.54, 1.807) is 0 Å². The van der Waals surface area contributed by atoms with Gasteiger partial charge in [-0.15, -0.1) is 0 Å². The summed E-state index contributed by atoms with van der Waals surface area (Å²) in [5.41, 5.74) is 4.70. The van der Waals surface area contributed by atoms with Crippen molar-refractivity contribution in [3.05, 3.63) is 0 Å². The van der Waals surface area contributed by atoms with E-state index in [1.807, 2.05) is 5.32 Å². The van der Waals surface area contributed by atoms with Crippen LogP contribution in [0, 0.1) is 0 Å². The summed E-state index contributed by atoms with van der Waals surface area (Å²) in [5, 5.41) is 37.8. The first-order valence-electron chi connectivity index (χ1n) is 4.10. The Bertz CT molecular complexity index is 224. The van der Waals surface area contributed by atoms with Crippen LogP contribution in [0.1, 0.15) is 0 Å². The van der Waals surface area contributed by atoms with E-state index in [9.17, 15) is 19.8 Å². The number of amides is 2. The van der Waals surface area contributed by atoms with Gasteiger partial charge in [-0.1, -0.05) is 0 Å². The van der Waals surface area contributed by atoms with Crippen molar-refractivity contribution in [3.8, 4) is 0 Å². The maximum absolute atomic E-state index is 10.4. The normalized spacial score (nSPS) is 18.7. The average Bonchev–Trinajstić information content (AvgIpc) is 2.22. The Morgan fingerprint density at radius 3 is 2.20 bits per heavy atom. The Hall–Kier alpha value is -1.22. The van der Waals surface area contributed by atoms with Gasteiger partial charge in [0.25, 0.3) is 0 Å². The zero-order chi connectivity index (χ0) is 12.0. The van der Waals surface area contributed by atoms with Crippen LogP contribution in [0.5, 0.6) is 0 Å². The predicted octanol–water partition coefficient (Wildman–Crippen LogP) is -3.70. The summed E-state index contributed by atoms with van der Waals surface area (Å²) >= 11 is 0. The lowest BCUT2D eigenvalue weighted by Gasteiger charge is -2.25. The highest BCUT2D eigenvalue weighted by Crippen LogP contribution is 2.03. The van der Waals surface area contributed by atoms with E-state index >= 15 is 0 Å². The summed E-state index contributed by atoms with van der Waals surface area (Å²) < 4.78 is 0. The molecule has 7 N–H and O–H groups in total. The fraction of sp³-hybridized carbons (Fsp3) is 0.714. The number of carbonyl (C=O) groups excluding carboxylic acids is 2. The molecule has 8 nitrogen and oxygen atoms in total. The number of aldehydes is 1. The second kappa shape index (κ2) is 6.30. The van der Waals surface area contributed by atoms with Crippen molar-refractivity contribution in [1.29, 1.82) is 0 Å². The van der Waals surface area contributed by atoms with Crippen molar-refractivity contribution >= 4 is 12.3 Å². The van der Waals surface area contributed by atoms with Crippen molar-refractivity contribution in [1.82, 2.24) is 5.32 Å². The van der Waals surface area contributed by atoms with Crippen LogP contribution >= 0.6 is 0 Å². The maximum atomic E-state index is 10.4. The van der Waals surface area contributed by atoms with Gasteiger partial charge >= 0.3 is 6.03 Å². The minimum absolute atomic E-state index is 0.155. The number of aliphatic hydroxyl groups excluding tert-OH is 4. The Morgan fingerprint density at radius 2 is 1.87 bits per heavy atom. The van der Waals surface area contributed by atoms with Gasteiger partial charge in [0, 0.05) is 0 Å². The molecule has 88 valence electrons. The number of nitrogens with one attached hydrogen (secondary N) is 1. The van der Waals surface area contributed by atoms with Crippen LogP contribution in [0.3, 0.4) is 0 Å². The average molecular weight is 222 g/mol. The Kier molecular flexibility index (Phi) is 5.79. The van der Waals surface area contributed by atoms with E-state index in [1.165, 1.54) is 0 Å². The summed E-state index contributed by atoms with van der Waals surface area (Å²) in [6.45, 7) is -0.791. The number of carbonyl (C=O) groups is 2. The molecule has 0 spiro atoms. The fourth-order valence-corrected chi connectivity index (χ4v) is 0.912. The molecule has 0 heterocycles. The molecule has 0 aliphatic carbocycles. The first-order valence-corrected chi connectivity index (χ1v) is 4.10. The van der Waals surface area contributed by atoms with Gasteiger partial charge in [0.05, 0.1) is 6.61 Å². The topological polar surface area (TPSA) is 153 Å². The first kappa shape index (κ1) is 13.8. The van der Waals surface area contributed by atoms with Gasteiger partial charge in [-0.2, -0.15) is 0 Å². The molecule has 0 aliphatic rings. The van der Waals surface area contributed by atoms with Crippen molar-refractivity contribution in [2.75, 3.05) is 6.61 Å². The lowest BCUT2D eigenvalue weighted by Crippen LogP contribution is -2.54. The molecule has 0 fully saturated rings. The number of nitrogens with two attached hydrogens (primary N) is 1. The van der Waals surface area contributed by atoms with Crippen LogP contribution in [-0.4, -0.2) is 63.7 Å². The van der Waals surface area contributed by atoms with Crippen molar-refractivity contribution in [2.24, 2.45) is 5.73 Å². The van der Waals surface area contributed by atoms with Crippen molar-refractivity contribution < 1.29 is 30.0 Å². The summed E-state index contributed by atoms with van der Waals surface area (Å²) in [6.07, 6.45) is -4.98. The van der Waals surface area contributed by atoms with Crippen LogP contribution in [0.15, 0.2) is 0 Å². The number of urea groups is 1. The molecular weight excluding hydrogens is 208 g/mol. The van der Waals surface area contributed by atoms with Gasteiger partial charge < -0.3 is 36.3 Å². The fourth-order valence-electron chi connectivity index (χ4n) is 0.912. The van der Waals surface area contributed by atoms with E-state index < -0.39 is 37.0 Å². The first-order chi connectivity index (χ1) is 6.93. The molecule has 0 aromatic heterocycles. The molecule has 0 unspecified atom stereocenters. The molecule has 4 atom stereocenters. The second-order valence-corrected chi connectivity index (χ2v) is 2.90. The molecule has 0 rings (SSSR count). The third-order valence-electron chi connectivity index (χ3n) is 1.75. The molecule has 0 bridgehead atoms. The molecule has 15 heavy (non-hydrogen) atoms. The molecular formula is C7H14N2O6. The van der Waals surface area contributed by atoms with E-state index in [0.717, 1.165) is 0 Å². The van der Waals surface area contributed by atoms with Gasteiger partial charge in [0.1, 0.15) is 30.6 Å². The highest BCUT2D eigenvalue weighted by atomic mass is 16.4. The molecule has 0 radical (unpaired) electrons.